The van der Waals surface area contributed by atoms with E-state index in [1.807, 2.05) is 13.8 Å². The predicted octanol–water partition coefficient (Wildman–Crippen LogP) is 2.42. The first-order chi connectivity index (χ1) is 9.61. The summed E-state index contributed by atoms with van der Waals surface area (Å²) in [7, 11) is 0. The van der Waals surface area contributed by atoms with Gasteiger partial charge >= 0.3 is 12.1 Å². The minimum Gasteiger partial charge on any atom is -0.480 e. The summed E-state index contributed by atoms with van der Waals surface area (Å²) < 4.78 is 4.99. The molecule has 1 rings (SSSR count). The Bertz CT molecular complexity index is 393. The third kappa shape index (κ3) is 11.5. The van der Waals surface area contributed by atoms with E-state index in [0.717, 1.165) is 0 Å². The number of aliphatic carboxylic acids is 1. The molecule has 7 nitrogen and oxygen atoms in total. The molecule has 0 fully saturated rings. The number of aromatic amines is 1. The van der Waals surface area contributed by atoms with Crippen LogP contribution >= 0.6 is 0 Å². The largest absolute Gasteiger partial charge is 0.480 e. The van der Waals surface area contributed by atoms with Gasteiger partial charge in [-0.1, -0.05) is 13.8 Å². The molecule has 1 atom stereocenters. The summed E-state index contributed by atoms with van der Waals surface area (Å²) in [6.45, 7) is 8.97. The van der Waals surface area contributed by atoms with E-state index >= 15 is 0 Å². The lowest BCUT2D eigenvalue weighted by atomic mass is 10.0. The minimum atomic E-state index is -1.04. The topological polar surface area (TPSA) is 104 Å². The second-order valence-corrected chi connectivity index (χ2v) is 5.93. The van der Waals surface area contributed by atoms with Gasteiger partial charge in [0.2, 0.25) is 0 Å². The average molecular weight is 299 g/mol. The number of hydrogen-bond donors (Lipinski definition) is 3. The Morgan fingerprint density at radius 2 is 2.00 bits per heavy atom. The molecule has 120 valence electrons. The van der Waals surface area contributed by atoms with Crippen LogP contribution in [0.5, 0.6) is 0 Å². The molecule has 7 heteroatoms. The van der Waals surface area contributed by atoms with E-state index in [-0.39, 0.29) is 5.92 Å². The number of carbonyl (C=O) groups is 2. The maximum Gasteiger partial charge on any atom is 0.408 e. The van der Waals surface area contributed by atoms with Crippen molar-refractivity contribution in [1.29, 1.82) is 0 Å². The highest BCUT2D eigenvalue weighted by atomic mass is 16.6. The third-order valence-corrected chi connectivity index (χ3v) is 2.10. The molecule has 0 saturated heterocycles. The van der Waals surface area contributed by atoms with Crippen molar-refractivity contribution in [3.05, 3.63) is 18.7 Å². The first-order valence-electron chi connectivity index (χ1n) is 6.77. The van der Waals surface area contributed by atoms with Gasteiger partial charge in [0.25, 0.3) is 0 Å². The molecule has 0 aliphatic rings. The van der Waals surface area contributed by atoms with Gasteiger partial charge in [0, 0.05) is 12.4 Å². The molecule has 0 saturated carbocycles. The first kappa shape index (κ1) is 18.9. The van der Waals surface area contributed by atoms with E-state index in [2.05, 4.69) is 15.3 Å². The SMILES string of the molecule is CC(C)C[C@H](NC(=O)OC(C)(C)C)C(=O)O.c1c[nH]cn1. The molecule has 1 heterocycles. The van der Waals surface area contributed by atoms with E-state index in [0.29, 0.717) is 6.42 Å². The second-order valence-electron chi connectivity index (χ2n) is 5.93. The van der Waals surface area contributed by atoms with Gasteiger partial charge in [0.05, 0.1) is 6.33 Å². The lowest BCUT2D eigenvalue weighted by molar-refractivity contribution is -0.139. The molecule has 0 unspecified atom stereocenters. The van der Waals surface area contributed by atoms with Gasteiger partial charge in [0.15, 0.2) is 0 Å². The molecule has 0 spiro atoms. The summed E-state index contributed by atoms with van der Waals surface area (Å²) >= 11 is 0. The Kier molecular flexibility index (Phi) is 8.11. The van der Waals surface area contributed by atoms with Crippen molar-refractivity contribution >= 4 is 12.1 Å². The lowest BCUT2D eigenvalue weighted by Gasteiger charge is -2.22. The second kappa shape index (κ2) is 8.99. The van der Waals surface area contributed by atoms with Crippen molar-refractivity contribution in [2.75, 3.05) is 0 Å². The van der Waals surface area contributed by atoms with Crippen LogP contribution in [0, 0.1) is 5.92 Å². The average Bonchev–Trinajstić information content (AvgIpc) is 2.82. The summed E-state index contributed by atoms with van der Waals surface area (Å²) in [5, 5.41) is 11.2. The van der Waals surface area contributed by atoms with Crippen LogP contribution in [0.15, 0.2) is 18.7 Å². The number of amides is 1. The number of H-pyrrole nitrogens is 1. The van der Waals surface area contributed by atoms with Crippen molar-refractivity contribution in [1.82, 2.24) is 15.3 Å². The van der Waals surface area contributed by atoms with Crippen molar-refractivity contribution in [3.8, 4) is 0 Å². The summed E-state index contributed by atoms with van der Waals surface area (Å²) in [5.41, 5.74) is -0.620. The van der Waals surface area contributed by atoms with E-state index in [1.165, 1.54) is 0 Å². The summed E-state index contributed by atoms with van der Waals surface area (Å²) in [6.07, 6.45) is 4.77. The molecular formula is C14H25N3O4. The quantitative estimate of drug-likeness (QED) is 0.792. The van der Waals surface area contributed by atoms with Crippen LogP contribution in [0.1, 0.15) is 41.0 Å². The normalized spacial score (nSPS) is 12.1. The van der Waals surface area contributed by atoms with E-state index in [9.17, 15) is 9.59 Å². The Hall–Kier alpha value is -2.05. The van der Waals surface area contributed by atoms with Gasteiger partial charge in [-0.25, -0.2) is 14.6 Å². The van der Waals surface area contributed by atoms with Crippen molar-refractivity contribution < 1.29 is 19.4 Å². The highest BCUT2D eigenvalue weighted by Gasteiger charge is 2.24. The molecule has 1 aromatic heterocycles. The Morgan fingerprint density at radius 3 is 2.29 bits per heavy atom. The van der Waals surface area contributed by atoms with Crippen LogP contribution in [0.4, 0.5) is 4.79 Å². The van der Waals surface area contributed by atoms with Gasteiger partial charge in [-0.2, -0.15) is 0 Å². The van der Waals surface area contributed by atoms with Gasteiger partial charge in [0.1, 0.15) is 11.6 Å². The molecule has 0 aliphatic carbocycles. The Morgan fingerprint density at radius 1 is 1.38 bits per heavy atom. The standard InChI is InChI=1S/C11H21NO4.C3H4N2/c1-7(2)6-8(9(13)14)12-10(15)16-11(3,4)5;1-2-5-3-4-1/h7-8H,6H2,1-5H3,(H,12,15)(H,13,14);1-3H,(H,4,5)/t8-;/m0./s1. The Labute approximate surface area is 125 Å². The predicted molar refractivity (Wildman–Crippen MR) is 78.8 cm³/mol. The first-order valence-corrected chi connectivity index (χ1v) is 6.77. The van der Waals surface area contributed by atoms with Gasteiger partial charge in [-0.3, -0.25) is 0 Å². The monoisotopic (exact) mass is 299 g/mol. The summed E-state index contributed by atoms with van der Waals surface area (Å²) in [5.74, 6) is -0.851. The molecule has 0 bridgehead atoms. The number of carbonyl (C=O) groups excluding carboxylic acids is 1. The van der Waals surface area contributed by atoms with Crippen molar-refractivity contribution in [2.45, 2.75) is 52.7 Å². The maximum atomic E-state index is 11.4. The molecule has 1 aromatic rings. The molecule has 0 radical (unpaired) electrons. The van der Waals surface area contributed by atoms with Crippen LogP contribution in [-0.2, 0) is 9.53 Å². The molecular weight excluding hydrogens is 274 g/mol. The highest BCUT2D eigenvalue weighted by Crippen LogP contribution is 2.09. The summed E-state index contributed by atoms with van der Waals surface area (Å²) in [4.78, 5) is 28.6. The Balaban J connectivity index is 0.000000662. The van der Waals surface area contributed by atoms with Gasteiger partial charge in [-0.05, 0) is 33.1 Å². The van der Waals surface area contributed by atoms with E-state index < -0.39 is 23.7 Å². The van der Waals surface area contributed by atoms with Gasteiger partial charge < -0.3 is 20.1 Å². The number of rotatable bonds is 4. The van der Waals surface area contributed by atoms with Gasteiger partial charge in [-0.15, -0.1) is 0 Å². The fourth-order valence-corrected chi connectivity index (χ4v) is 1.36. The maximum absolute atomic E-state index is 11.4. The molecule has 0 aromatic carbocycles. The fourth-order valence-electron chi connectivity index (χ4n) is 1.36. The smallest absolute Gasteiger partial charge is 0.408 e. The third-order valence-electron chi connectivity index (χ3n) is 2.10. The number of ether oxygens (including phenoxy) is 1. The highest BCUT2D eigenvalue weighted by molar-refractivity contribution is 5.79. The number of carboxylic acids is 1. The number of imidazole rings is 1. The number of nitrogens with one attached hydrogen (secondary N) is 2. The van der Waals surface area contributed by atoms with E-state index in [1.54, 1.807) is 39.5 Å². The number of nitrogens with zero attached hydrogens (tertiary/aromatic N) is 1. The fraction of sp³-hybridized carbons (Fsp3) is 0.643. The zero-order valence-electron chi connectivity index (χ0n) is 13.2. The van der Waals surface area contributed by atoms with Crippen LogP contribution < -0.4 is 5.32 Å². The summed E-state index contributed by atoms with van der Waals surface area (Å²) in [6, 6.07) is -0.894. The molecule has 3 N–H and O–H groups in total. The zero-order valence-corrected chi connectivity index (χ0v) is 13.2. The zero-order chi connectivity index (χ0) is 16.5. The van der Waals surface area contributed by atoms with Crippen LogP contribution in [0.2, 0.25) is 0 Å². The number of hydrogen-bond acceptors (Lipinski definition) is 4. The van der Waals surface area contributed by atoms with Crippen LogP contribution in [-0.4, -0.2) is 38.8 Å². The lowest BCUT2D eigenvalue weighted by Crippen LogP contribution is -2.44. The molecule has 0 aliphatic heterocycles. The van der Waals surface area contributed by atoms with Crippen molar-refractivity contribution in [3.63, 3.8) is 0 Å². The molecule has 1 amide bonds. The number of alkyl carbamates (subject to hydrolysis) is 1. The van der Waals surface area contributed by atoms with Crippen LogP contribution in [0.25, 0.3) is 0 Å². The molecule has 21 heavy (non-hydrogen) atoms. The van der Waals surface area contributed by atoms with Crippen LogP contribution in [0.3, 0.4) is 0 Å². The van der Waals surface area contributed by atoms with E-state index in [4.69, 9.17) is 9.84 Å². The number of aromatic nitrogens is 2. The van der Waals surface area contributed by atoms with Crippen molar-refractivity contribution in [2.24, 2.45) is 5.92 Å². The minimum absolute atomic E-state index is 0.191. The number of carboxylic acid groups (broad SMARTS) is 1.